The molecular weight excluding hydrogens is 246 g/mol. The van der Waals surface area contributed by atoms with Crippen molar-refractivity contribution >= 4 is 17.2 Å². The summed E-state index contributed by atoms with van der Waals surface area (Å²) >= 11 is 1.61. The van der Waals surface area contributed by atoms with E-state index in [1.54, 1.807) is 17.4 Å². The molecule has 0 bridgehead atoms. The Kier molecular flexibility index (Phi) is 3.62. The van der Waals surface area contributed by atoms with Gasteiger partial charge in [-0.1, -0.05) is 12.1 Å². The number of nitrogen functional groups attached to an aromatic ring is 1. The minimum Gasteiger partial charge on any atom is -0.487 e. The number of hydrogen-bond acceptors (Lipinski definition) is 4. The molecular formula is C13H15N3OS. The summed E-state index contributed by atoms with van der Waals surface area (Å²) in [5, 5.41) is 10.4. The molecule has 0 aliphatic carbocycles. The van der Waals surface area contributed by atoms with Crippen molar-refractivity contribution in [2.75, 3.05) is 0 Å². The van der Waals surface area contributed by atoms with Gasteiger partial charge >= 0.3 is 0 Å². The third-order valence-electron chi connectivity index (χ3n) is 2.54. The molecule has 0 aliphatic rings. The molecule has 18 heavy (non-hydrogen) atoms. The van der Waals surface area contributed by atoms with Gasteiger partial charge in [0.2, 0.25) is 0 Å². The van der Waals surface area contributed by atoms with Crippen molar-refractivity contribution in [1.82, 2.24) is 4.98 Å². The fourth-order valence-electron chi connectivity index (χ4n) is 1.55. The van der Waals surface area contributed by atoms with Gasteiger partial charge in [-0.2, -0.15) is 0 Å². The molecule has 1 aromatic carbocycles. The largest absolute Gasteiger partial charge is 0.487 e. The van der Waals surface area contributed by atoms with Crippen LogP contribution >= 0.6 is 11.3 Å². The maximum atomic E-state index is 7.41. The van der Waals surface area contributed by atoms with Crippen molar-refractivity contribution in [2.45, 2.75) is 20.5 Å². The van der Waals surface area contributed by atoms with Gasteiger partial charge in [0.15, 0.2) is 0 Å². The van der Waals surface area contributed by atoms with E-state index in [0.29, 0.717) is 12.2 Å². The van der Waals surface area contributed by atoms with Crippen LogP contribution in [0.2, 0.25) is 0 Å². The predicted molar refractivity (Wildman–Crippen MR) is 73.4 cm³/mol. The highest BCUT2D eigenvalue weighted by molar-refractivity contribution is 7.09. The molecule has 0 unspecified atom stereocenters. The van der Waals surface area contributed by atoms with Gasteiger partial charge in [-0.3, -0.25) is 5.41 Å². The smallest absolute Gasteiger partial charge is 0.131 e. The molecule has 0 atom stereocenters. The summed E-state index contributed by atoms with van der Waals surface area (Å²) in [6.07, 6.45) is 0. The Morgan fingerprint density at radius 2 is 2.22 bits per heavy atom. The molecule has 0 fully saturated rings. The van der Waals surface area contributed by atoms with Gasteiger partial charge in [0.05, 0.1) is 10.7 Å². The first-order valence-corrected chi connectivity index (χ1v) is 6.43. The second-order valence-electron chi connectivity index (χ2n) is 4.04. The number of nitrogens with zero attached hydrogens (tertiary/aromatic N) is 1. The monoisotopic (exact) mass is 261 g/mol. The number of rotatable bonds is 4. The first-order chi connectivity index (χ1) is 8.56. The molecule has 0 saturated heterocycles. The summed E-state index contributed by atoms with van der Waals surface area (Å²) in [4.78, 5) is 4.34. The van der Waals surface area contributed by atoms with Crippen molar-refractivity contribution < 1.29 is 4.74 Å². The summed E-state index contributed by atoms with van der Waals surface area (Å²) in [7, 11) is 0. The number of amidine groups is 1. The lowest BCUT2D eigenvalue weighted by molar-refractivity contribution is 0.300. The van der Waals surface area contributed by atoms with Crippen molar-refractivity contribution in [3.05, 3.63) is 45.4 Å². The third-order valence-corrected chi connectivity index (χ3v) is 3.36. The lowest BCUT2D eigenvalue weighted by atomic mass is 10.1. The summed E-state index contributed by atoms with van der Waals surface area (Å²) in [5.41, 5.74) is 8.07. The minimum atomic E-state index is 0.0457. The van der Waals surface area contributed by atoms with E-state index in [1.165, 1.54) is 0 Å². The maximum Gasteiger partial charge on any atom is 0.131 e. The summed E-state index contributed by atoms with van der Waals surface area (Å²) in [6, 6.07) is 5.51. The van der Waals surface area contributed by atoms with Crippen LogP contribution in [0.5, 0.6) is 5.75 Å². The third kappa shape index (κ3) is 2.87. The zero-order valence-electron chi connectivity index (χ0n) is 10.4. The Morgan fingerprint density at radius 1 is 1.44 bits per heavy atom. The molecule has 0 radical (unpaired) electrons. The normalized spacial score (nSPS) is 10.3. The number of nitrogens with one attached hydrogen (secondary N) is 1. The average Bonchev–Trinajstić information content (AvgIpc) is 2.74. The van der Waals surface area contributed by atoms with E-state index in [-0.39, 0.29) is 5.84 Å². The van der Waals surface area contributed by atoms with E-state index >= 15 is 0 Å². The highest BCUT2D eigenvalue weighted by Crippen LogP contribution is 2.21. The van der Waals surface area contributed by atoms with Crippen molar-refractivity contribution in [3.63, 3.8) is 0 Å². The molecule has 3 N–H and O–H groups in total. The van der Waals surface area contributed by atoms with E-state index in [0.717, 1.165) is 22.0 Å². The zero-order chi connectivity index (χ0) is 13.1. The van der Waals surface area contributed by atoms with Gasteiger partial charge in [0, 0.05) is 10.9 Å². The van der Waals surface area contributed by atoms with E-state index in [1.807, 2.05) is 31.4 Å². The van der Waals surface area contributed by atoms with Crippen LogP contribution in [0.1, 0.15) is 21.8 Å². The highest BCUT2D eigenvalue weighted by atomic mass is 32.1. The van der Waals surface area contributed by atoms with Crippen LogP contribution in [0, 0.1) is 19.3 Å². The molecule has 0 saturated carbocycles. The van der Waals surface area contributed by atoms with E-state index in [9.17, 15) is 0 Å². The Labute approximate surface area is 110 Å². The number of hydrogen-bond donors (Lipinski definition) is 2. The highest BCUT2D eigenvalue weighted by Gasteiger charge is 2.05. The SMILES string of the molecule is Cc1nc(COc2cc(C(=N)N)ccc2C)cs1. The van der Waals surface area contributed by atoms with Crippen molar-refractivity contribution in [2.24, 2.45) is 5.73 Å². The van der Waals surface area contributed by atoms with Crippen LogP contribution in [0.25, 0.3) is 0 Å². The van der Waals surface area contributed by atoms with Gasteiger partial charge < -0.3 is 10.5 Å². The molecule has 0 aliphatic heterocycles. The summed E-state index contributed by atoms with van der Waals surface area (Å²) in [6.45, 7) is 4.37. The average molecular weight is 261 g/mol. The lowest BCUT2D eigenvalue weighted by Gasteiger charge is -2.09. The Balaban J connectivity index is 2.13. The number of nitrogens with two attached hydrogens (primary N) is 1. The topological polar surface area (TPSA) is 72.0 Å². The predicted octanol–water partition coefficient (Wildman–Crippen LogP) is 2.62. The van der Waals surface area contributed by atoms with Crippen molar-refractivity contribution in [3.8, 4) is 5.75 Å². The minimum absolute atomic E-state index is 0.0457. The Morgan fingerprint density at radius 3 is 2.83 bits per heavy atom. The molecule has 94 valence electrons. The number of aryl methyl sites for hydroxylation is 2. The zero-order valence-corrected chi connectivity index (χ0v) is 11.2. The van der Waals surface area contributed by atoms with Crippen LogP contribution in [0.15, 0.2) is 23.6 Å². The fourth-order valence-corrected chi connectivity index (χ4v) is 2.15. The van der Waals surface area contributed by atoms with Gasteiger partial charge in [-0.05, 0) is 25.5 Å². The van der Waals surface area contributed by atoms with Gasteiger partial charge in [-0.25, -0.2) is 4.98 Å². The molecule has 5 heteroatoms. The molecule has 0 spiro atoms. The number of benzene rings is 1. The molecule has 2 aromatic rings. The van der Waals surface area contributed by atoms with E-state index < -0.39 is 0 Å². The second kappa shape index (κ2) is 5.18. The first kappa shape index (κ1) is 12.6. The van der Waals surface area contributed by atoms with Crippen LogP contribution in [-0.4, -0.2) is 10.8 Å². The molecule has 0 amide bonds. The van der Waals surface area contributed by atoms with Crippen molar-refractivity contribution in [1.29, 1.82) is 5.41 Å². The maximum absolute atomic E-state index is 7.41. The molecule has 4 nitrogen and oxygen atoms in total. The van der Waals surface area contributed by atoms with Gasteiger partial charge in [0.25, 0.3) is 0 Å². The standard InChI is InChI=1S/C13H15N3OS/c1-8-3-4-10(13(14)15)5-12(8)17-6-11-7-18-9(2)16-11/h3-5,7H,6H2,1-2H3,(H3,14,15). The summed E-state index contributed by atoms with van der Waals surface area (Å²) < 4.78 is 5.72. The van der Waals surface area contributed by atoms with Crippen LogP contribution < -0.4 is 10.5 Å². The van der Waals surface area contributed by atoms with Gasteiger partial charge in [0.1, 0.15) is 18.2 Å². The fraction of sp³-hybridized carbons (Fsp3) is 0.231. The van der Waals surface area contributed by atoms with E-state index in [4.69, 9.17) is 15.9 Å². The molecule has 2 rings (SSSR count). The van der Waals surface area contributed by atoms with Crippen LogP contribution in [0.4, 0.5) is 0 Å². The van der Waals surface area contributed by atoms with Gasteiger partial charge in [-0.15, -0.1) is 11.3 Å². The van der Waals surface area contributed by atoms with Crippen LogP contribution in [0.3, 0.4) is 0 Å². The second-order valence-corrected chi connectivity index (χ2v) is 5.10. The molecule has 1 heterocycles. The number of aromatic nitrogens is 1. The quantitative estimate of drug-likeness (QED) is 0.656. The summed E-state index contributed by atoms with van der Waals surface area (Å²) in [5.74, 6) is 0.790. The first-order valence-electron chi connectivity index (χ1n) is 5.55. The number of ether oxygens (including phenoxy) is 1. The Bertz CT molecular complexity index is 577. The van der Waals surface area contributed by atoms with Crippen LogP contribution in [-0.2, 0) is 6.61 Å². The molecule has 1 aromatic heterocycles. The lowest BCUT2D eigenvalue weighted by Crippen LogP contribution is -2.11. The Hall–Kier alpha value is -1.88. The van der Waals surface area contributed by atoms with E-state index in [2.05, 4.69) is 4.98 Å². The number of thiazole rings is 1.